The molecule has 0 aliphatic carbocycles. The van der Waals surface area contributed by atoms with E-state index < -0.39 is 23.6 Å². The maximum Gasteiger partial charge on any atom is 0.266 e. The van der Waals surface area contributed by atoms with Gasteiger partial charge in [-0.15, -0.1) is 0 Å². The van der Waals surface area contributed by atoms with Crippen LogP contribution in [0.1, 0.15) is 41.4 Å². The van der Waals surface area contributed by atoms with Crippen molar-refractivity contribution in [2.24, 2.45) is 0 Å². The third-order valence-electron chi connectivity index (χ3n) is 7.15. The van der Waals surface area contributed by atoms with Gasteiger partial charge in [0.2, 0.25) is 0 Å². The maximum atomic E-state index is 13.8. The average Bonchev–Trinajstić information content (AvgIpc) is 2.98. The normalized spacial score (nSPS) is 14.1. The lowest BCUT2D eigenvalue weighted by Gasteiger charge is -2.32. The Balaban J connectivity index is 1.52. The summed E-state index contributed by atoms with van der Waals surface area (Å²) >= 11 is 0. The first kappa shape index (κ1) is 24.9. The highest BCUT2D eigenvalue weighted by Gasteiger charge is 2.41. The van der Waals surface area contributed by atoms with Crippen LogP contribution in [-0.4, -0.2) is 52.1 Å². The predicted octanol–water partition coefficient (Wildman–Crippen LogP) is 4.48. The summed E-state index contributed by atoms with van der Waals surface area (Å²) in [6, 6.07) is 15.5. The van der Waals surface area contributed by atoms with Crippen molar-refractivity contribution in [3.05, 3.63) is 82.9 Å². The van der Waals surface area contributed by atoms with Crippen LogP contribution in [0, 0.1) is 0 Å². The summed E-state index contributed by atoms with van der Waals surface area (Å²) in [7, 11) is 5.85. The molecule has 200 valence electrons. The number of benzene rings is 4. The Hall–Kier alpha value is -5.38. The van der Waals surface area contributed by atoms with E-state index in [1.54, 1.807) is 36.4 Å². The fourth-order valence-corrected chi connectivity index (χ4v) is 5.25. The molecule has 4 aromatic rings. The van der Waals surface area contributed by atoms with Gasteiger partial charge in [0.15, 0.2) is 0 Å². The Bertz CT molecular complexity index is 1590. The molecule has 0 bridgehead atoms. The Labute approximate surface area is 228 Å². The standard InChI is InChI=1S/C30H22N2O8/c1-37-15-5-11-21(23(13-15)39-3)31-27(33)17-7-9-19-26-20(10-8-18(25(17)26)28(31)34)30(36)32(29(19)35)22-12-6-16(38-2)14-24(22)40-4/h5-14H,1-4H3. The molecule has 0 spiro atoms. The minimum atomic E-state index is -0.608. The summed E-state index contributed by atoms with van der Waals surface area (Å²) in [5.74, 6) is -0.910. The van der Waals surface area contributed by atoms with Gasteiger partial charge in [0.25, 0.3) is 23.6 Å². The molecule has 10 nitrogen and oxygen atoms in total. The van der Waals surface area contributed by atoms with Gasteiger partial charge in [0.1, 0.15) is 23.0 Å². The first-order valence-electron chi connectivity index (χ1n) is 12.2. The number of ether oxygens (including phenoxy) is 4. The molecular formula is C30H22N2O8. The smallest absolute Gasteiger partial charge is 0.266 e. The zero-order valence-corrected chi connectivity index (χ0v) is 21.9. The SMILES string of the molecule is COc1ccc(N2C(=O)c3ccc4c5c(ccc(c35)C2=O)C(=O)N(c2ccc(OC)cc2OC)C4=O)c(OC)c1. The molecule has 0 atom stereocenters. The van der Waals surface area contributed by atoms with E-state index in [2.05, 4.69) is 0 Å². The number of imide groups is 2. The second kappa shape index (κ2) is 9.12. The van der Waals surface area contributed by atoms with Crippen molar-refractivity contribution < 1.29 is 38.1 Å². The largest absolute Gasteiger partial charge is 0.497 e. The number of methoxy groups -OCH3 is 4. The number of nitrogens with zero attached hydrogens (tertiary/aromatic N) is 2. The molecule has 4 amide bonds. The first-order chi connectivity index (χ1) is 19.3. The van der Waals surface area contributed by atoms with Crippen molar-refractivity contribution in [3.63, 3.8) is 0 Å². The van der Waals surface area contributed by atoms with Gasteiger partial charge >= 0.3 is 0 Å². The van der Waals surface area contributed by atoms with E-state index in [1.165, 1.54) is 52.7 Å². The van der Waals surface area contributed by atoms with E-state index in [9.17, 15) is 19.2 Å². The van der Waals surface area contributed by atoms with Gasteiger partial charge in [0, 0.05) is 45.2 Å². The minimum Gasteiger partial charge on any atom is -0.497 e. The van der Waals surface area contributed by atoms with Crippen molar-refractivity contribution in [2.75, 3.05) is 38.2 Å². The Morgan fingerprint density at radius 1 is 0.450 bits per heavy atom. The van der Waals surface area contributed by atoms with Crippen molar-refractivity contribution >= 4 is 45.8 Å². The second-order valence-corrected chi connectivity index (χ2v) is 9.04. The van der Waals surface area contributed by atoms with Crippen molar-refractivity contribution in [2.45, 2.75) is 0 Å². The molecule has 0 aromatic heterocycles. The van der Waals surface area contributed by atoms with Gasteiger partial charge in [-0.05, 0) is 48.5 Å². The molecule has 2 aliphatic rings. The Morgan fingerprint density at radius 2 is 0.775 bits per heavy atom. The van der Waals surface area contributed by atoms with Crippen LogP contribution in [0.15, 0.2) is 60.7 Å². The second-order valence-electron chi connectivity index (χ2n) is 9.04. The zero-order valence-electron chi connectivity index (χ0n) is 21.9. The fraction of sp³-hybridized carbons (Fsp3) is 0.133. The zero-order chi connectivity index (χ0) is 28.3. The monoisotopic (exact) mass is 538 g/mol. The predicted molar refractivity (Wildman–Crippen MR) is 145 cm³/mol. The van der Waals surface area contributed by atoms with Gasteiger partial charge < -0.3 is 18.9 Å². The molecule has 0 saturated carbocycles. The highest BCUT2D eigenvalue weighted by molar-refractivity contribution is 6.42. The molecule has 0 saturated heterocycles. The molecule has 2 heterocycles. The summed E-state index contributed by atoms with van der Waals surface area (Å²) < 4.78 is 21.4. The number of hydrogen-bond donors (Lipinski definition) is 0. The highest BCUT2D eigenvalue weighted by Crippen LogP contribution is 2.43. The van der Waals surface area contributed by atoms with E-state index in [1.807, 2.05) is 0 Å². The van der Waals surface area contributed by atoms with Crippen LogP contribution in [-0.2, 0) is 0 Å². The summed E-state index contributed by atoms with van der Waals surface area (Å²) in [4.78, 5) is 57.1. The van der Waals surface area contributed by atoms with Crippen molar-refractivity contribution in [1.82, 2.24) is 0 Å². The van der Waals surface area contributed by atoms with Crippen molar-refractivity contribution in [3.8, 4) is 23.0 Å². The topological polar surface area (TPSA) is 112 Å². The maximum absolute atomic E-state index is 13.8. The molecule has 0 fully saturated rings. The molecule has 2 aliphatic heterocycles. The minimum absolute atomic E-state index is 0.184. The number of hydrogen-bond acceptors (Lipinski definition) is 8. The van der Waals surface area contributed by atoms with Gasteiger partial charge in [-0.2, -0.15) is 0 Å². The molecular weight excluding hydrogens is 516 g/mol. The number of rotatable bonds is 6. The highest BCUT2D eigenvalue weighted by atomic mass is 16.5. The van der Waals surface area contributed by atoms with Crippen LogP contribution in [0.4, 0.5) is 11.4 Å². The molecule has 0 unspecified atom stereocenters. The van der Waals surface area contributed by atoms with E-state index in [-0.39, 0.29) is 55.9 Å². The van der Waals surface area contributed by atoms with Crippen LogP contribution in [0.3, 0.4) is 0 Å². The molecule has 0 radical (unpaired) electrons. The third-order valence-corrected chi connectivity index (χ3v) is 7.15. The first-order valence-corrected chi connectivity index (χ1v) is 12.2. The van der Waals surface area contributed by atoms with E-state index in [0.717, 1.165) is 9.80 Å². The van der Waals surface area contributed by atoms with Gasteiger partial charge in [-0.3, -0.25) is 19.2 Å². The Morgan fingerprint density at radius 3 is 1.05 bits per heavy atom. The molecule has 4 aromatic carbocycles. The average molecular weight is 539 g/mol. The fourth-order valence-electron chi connectivity index (χ4n) is 5.25. The van der Waals surface area contributed by atoms with Crippen LogP contribution in [0.25, 0.3) is 10.8 Å². The van der Waals surface area contributed by atoms with Crippen LogP contribution in [0.5, 0.6) is 23.0 Å². The lowest BCUT2D eigenvalue weighted by Crippen LogP contribution is -2.43. The summed E-state index contributed by atoms with van der Waals surface area (Å²) in [6.45, 7) is 0. The van der Waals surface area contributed by atoms with Gasteiger partial charge in [0.05, 0.1) is 39.8 Å². The quantitative estimate of drug-likeness (QED) is 0.331. The number of carbonyl (C=O) groups excluding carboxylic acids is 4. The summed E-state index contributed by atoms with van der Waals surface area (Å²) in [6.07, 6.45) is 0. The molecule has 40 heavy (non-hydrogen) atoms. The number of carbonyl (C=O) groups is 4. The third kappa shape index (κ3) is 3.35. The van der Waals surface area contributed by atoms with Crippen molar-refractivity contribution in [1.29, 1.82) is 0 Å². The lowest BCUT2D eigenvalue weighted by molar-refractivity contribution is 0.0872. The van der Waals surface area contributed by atoms with E-state index in [4.69, 9.17) is 18.9 Å². The van der Waals surface area contributed by atoms with Crippen LogP contribution < -0.4 is 28.7 Å². The van der Waals surface area contributed by atoms with Crippen LogP contribution >= 0.6 is 0 Å². The van der Waals surface area contributed by atoms with Gasteiger partial charge in [-0.1, -0.05) is 0 Å². The summed E-state index contributed by atoms with van der Waals surface area (Å²) in [5, 5.41) is 0.522. The van der Waals surface area contributed by atoms with Crippen LogP contribution in [0.2, 0.25) is 0 Å². The number of anilines is 2. The van der Waals surface area contributed by atoms with E-state index in [0.29, 0.717) is 11.5 Å². The van der Waals surface area contributed by atoms with Gasteiger partial charge in [-0.25, -0.2) is 9.80 Å². The molecule has 0 N–H and O–H groups in total. The molecule has 10 heteroatoms. The summed E-state index contributed by atoms with van der Waals surface area (Å²) in [5.41, 5.74) is 1.21. The number of amides is 4. The Kier molecular flexibility index (Phi) is 5.69. The lowest BCUT2D eigenvalue weighted by atomic mass is 9.85. The van der Waals surface area contributed by atoms with E-state index >= 15 is 0 Å². The molecule has 6 rings (SSSR count).